The number of hydrogen-bond donors (Lipinski definition) is 1. The van der Waals surface area contributed by atoms with E-state index in [-0.39, 0.29) is 5.56 Å². The van der Waals surface area contributed by atoms with Gasteiger partial charge in [0.2, 0.25) is 0 Å². The molecule has 0 heterocycles. The summed E-state index contributed by atoms with van der Waals surface area (Å²) in [5.41, 5.74) is 5.21. The molecule has 1 rings (SSSR count). The van der Waals surface area contributed by atoms with Gasteiger partial charge in [0.05, 0.1) is 14.2 Å². The van der Waals surface area contributed by atoms with Crippen LogP contribution in [0.25, 0.3) is 0 Å². The van der Waals surface area contributed by atoms with Gasteiger partial charge in [0.15, 0.2) is 6.10 Å². The van der Waals surface area contributed by atoms with E-state index in [1.807, 2.05) is 0 Å². The van der Waals surface area contributed by atoms with Gasteiger partial charge in [-0.1, -0.05) is 0 Å². The highest BCUT2D eigenvalue weighted by atomic mass is 16.5. The van der Waals surface area contributed by atoms with Crippen LogP contribution in [0.15, 0.2) is 18.2 Å². The zero-order valence-electron chi connectivity index (χ0n) is 10.4. The number of amides is 1. The van der Waals surface area contributed by atoms with E-state index in [4.69, 9.17) is 19.9 Å². The highest BCUT2D eigenvalue weighted by Gasteiger charge is 2.19. The van der Waals surface area contributed by atoms with Gasteiger partial charge in [-0.2, -0.15) is 0 Å². The summed E-state index contributed by atoms with van der Waals surface area (Å²) in [4.78, 5) is 22.6. The van der Waals surface area contributed by atoms with E-state index in [0.717, 1.165) is 0 Å². The number of primary amides is 1. The number of carbonyl (C=O) groups excluding carboxylic acids is 2. The minimum atomic E-state index is -0.996. The fourth-order valence-corrected chi connectivity index (χ4v) is 1.25. The lowest BCUT2D eigenvalue weighted by Crippen LogP contribution is -2.30. The number of methoxy groups -OCH3 is 2. The molecule has 2 N–H and O–H groups in total. The zero-order chi connectivity index (χ0) is 13.7. The lowest BCUT2D eigenvalue weighted by Gasteiger charge is -2.12. The molecule has 0 fully saturated rings. The molecule has 0 bridgehead atoms. The van der Waals surface area contributed by atoms with Crippen molar-refractivity contribution in [3.05, 3.63) is 23.8 Å². The molecule has 6 nitrogen and oxygen atoms in total. The Morgan fingerprint density at radius 1 is 1.22 bits per heavy atom. The van der Waals surface area contributed by atoms with Gasteiger partial charge in [0.1, 0.15) is 17.1 Å². The quantitative estimate of drug-likeness (QED) is 0.782. The van der Waals surface area contributed by atoms with Crippen LogP contribution in [-0.2, 0) is 9.53 Å². The third-order valence-electron chi connectivity index (χ3n) is 2.31. The number of rotatable bonds is 5. The molecule has 1 aromatic carbocycles. The monoisotopic (exact) mass is 253 g/mol. The van der Waals surface area contributed by atoms with Crippen molar-refractivity contribution in [2.75, 3.05) is 14.2 Å². The Morgan fingerprint density at radius 2 is 1.89 bits per heavy atom. The third kappa shape index (κ3) is 3.13. The van der Waals surface area contributed by atoms with Crippen molar-refractivity contribution >= 4 is 11.9 Å². The fourth-order valence-electron chi connectivity index (χ4n) is 1.25. The molecule has 1 amide bonds. The lowest BCUT2D eigenvalue weighted by atomic mass is 10.2. The molecule has 0 aliphatic heterocycles. The summed E-state index contributed by atoms with van der Waals surface area (Å²) < 4.78 is 14.9. The first kappa shape index (κ1) is 13.8. The molecule has 98 valence electrons. The molecule has 1 atom stereocenters. The Morgan fingerprint density at radius 3 is 2.39 bits per heavy atom. The summed E-state index contributed by atoms with van der Waals surface area (Å²) in [5, 5.41) is 0. The number of nitrogens with two attached hydrogens (primary N) is 1. The Kier molecular flexibility index (Phi) is 4.53. The van der Waals surface area contributed by atoms with Crippen molar-refractivity contribution in [1.82, 2.24) is 0 Å². The second-order valence-electron chi connectivity index (χ2n) is 3.52. The predicted octanol–water partition coefficient (Wildman–Crippen LogP) is 0.734. The van der Waals surface area contributed by atoms with Crippen LogP contribution in [-0.4, -0.2) is 32.2 Å². The zero-order valence-corrected chi connectivity index (χ0v) is 10.4. The van der Waals surface area contributed by atoms with Crippen molar-refractivity contribution in [2.45, 2.75) is 13.0 Å². The van der Waals surface area contributed by atoms with Crippen LogP contribution in [0.3, 0.4) is 0 Å². The molecule has 0 saturated carbocycles. The predicted molar refractivity (Wildman–Crippen MR) is 63.6 cm³/mol. The Labute approximate surface area is 105 Å². The van der Waals surface area contributed by atoms with Gasteiger partial charge in [-0.25, -0.2) is 4.79 Å². The minimum Gasteiger partial charge on any atom is -0.497 e. The maximum atomic E-state index is 11.8. The smallest absolute Gasteiger partial charge is 0.342 e. The van der Waals surface area contributed by atoms with Crippen molar-refractivity contribution in [1.29, 1.82) is 0 Å². The van der Waals surface area contributed by atoms with Crippen molar-refractivity contribution in [3.8, 4) is 11.5 Å². The van der Waals surface area contributed by atoms with E-state index in [2.05, 4.69) is 0 Å². The van der Waals surface area contributed by atoms with Crippen LogP contribution >= 0.6 is 0 Å². The summed E-state index contributed by atoms with van der Waals surface area (Å²) >= 11 is 0. The summed E-state index contributed by atoms with van der Waals surface area (Å²) in [6, 6.07) is 4.63. The molecule has 0 aliphatic carbocycles. The number of benzene rings is 1. The first-order chi connectivity index (χ1) is 8.49. The number of carbonyl (C=O) groups is 2. The van der Waals surface area contributed by atoms with Crippen LogP contribution in [0.1, 0.15) is 17.3 Å². The largest absolute Gasteiger partial charge is 0.497 e. The van der Waals surface area contributed by atoms with Gasteiger partial charge in [0.25, 0.3) is 5.91 Å². The van der Waals surface area contributed by atoms with E-state index in [0.29, 0.717) is 11.5 Å². The maximum Gasteiger partial charge on any atom is 0.342 e. The first-order valence-corrected chi connectivity index (χ1v) is 5.22. The summed E-state index contributed by atoms with van der Waals surface area (Å²) in [6.45, 7) is 1.40. The molecule has 0 saturated heterocycles. The van der Waals surface area contributed by atoms with E-state index in [1.165, 1.54) is 27.2 Å². The number of ether oxygens (including phenoxy) is 3. The van der Waals surface area contributed by atoms with E-state index in [1.54, 1.807) is 12.1 Å². The van der Waals surface area contributed by atoms with Crippen LogP contribution in [0, 0.1) is 0 Å². The van der Waals surface area contributed by atoms with E-state index in [9.17, 15) is 9.59 Å². The molecular weight excluding hydrogens is 238 g/mol. The van der Waals surface area contributed by atoms with Crippen LogP contribution in [0.2, 0.25) is 0 Å². The van der Waals surface area contributed by atoms with Gasteiger partial charge < -0.3 is 19.9 Å². The normalized spacial score (nSPS) is 11.5. The molecule has 0 aromatic heterocycles. The van der Waals surface area contributed by atoms with Gasteiger partial charge >= 0.3 is 5.97 Å². The number of esters is 1. The Hall–Kier alpha value is -2.24. The third-order valence-corrected chi connectivity index (χ3v) is 2.31. The Bertz CT molecular complexity index is 458. The molecule has 0 radical (unpaired) electrons. The molecule has 0 aliphatic rings. The molecule has 6 heteroatoms. The lowest BCUT2D eigenvalue weighted by molar-refractivity contribution is -0.125. The van der Waals surface area contributed by atoms with E-state index < -0.39 is 18.0 Å². The van der Waals surface area contributed by atoms with Gasteiger partial charge in [-0.3, -0.25) is 4.79 Å². The van der Waals surface area contributed by atoms with Crippen LogP contribution < -0.4 is 15.2 Å². The average molecular weight is 253 g/mol. The minimum absolute atomic E-state index is 0.200. The molecular formula is C12H15NO5. The van der Waals surface area contributed by atoms with E-state index >= 15 is 0 Å². The maximum absolute atomic E-state index is 11.8. The fraction of sp³-hybridized carbons (Fsp3) is 0.333. The van der Waals surface area contributed by atoms with Crippen molar-refractivity contribution < 1.29 is 23.8 Å². The second kappa shape index (κ2) is 5.90. The molecule has 1 aromatic rings. The number of hydrogen-bond acceptors (Lipinski definition) is 5. The highest BCUT2D eigenvalue weighted by molar-refractivity contribution is 5.94. The van der Waals surface area contributed by atoms with Gasteiger partial charge in [-0.05, 0) is 19.1 Å². The van der Waals surface area contributed by atoms with Crippen LogP contribution in [0.5, 0.6) is 11.5 Å². The van der Waals surface area contributed by atoms with Gasteiger partial charge in [-0.15, -0.1) is 0 Å². The topological polar surface area (TPSA) is 87.9 Å². The first-order valence-electron chi connectivity index (χ1n) is 5.22. The Balaban J connectivity index is 2.95. The van der Waals surface area contributed by atoms with Crippen molar-refractivity contribution in [2.24, 2.45) is 5.73 Å². The van der Waals surface area contributed by atoms with Crippen molar-refractivity contribution in [3.63, 3.8) is 0 Å². The van der Waals surface area contributed by atoms with Crippen LogP contribution in [0.4, 0.5) is 0 Å². The summed E-state index contributed by atoms with van der Waals surface area (Å²) in [7, 11) is 2.92. The molecule has 18 heavy (non-hydrogen) atoms. The molecule has 0 spiro atoms. The molecule has 0 unspecified atom stereocenters. The standard InChI is InChI=1S/C12H15NO5/c1-7(11(13)14)18-12(15)9-5-4-8(16-2)6-10(9)17-3/h4-7H,1-3H3,(H2,13,14)/t7-/m1/s1. The second-order valence-corrected chi connectivity index (χ2v) is 3.52. The average Bonchev–Trinajstić information content (AvgIpc) is 2.37. The highest BCUT2D eigenvalue weighted by Crippen LogP contribution is 2.25. The summed E-state index contributed by atoms with van der Waals surface area (Å²) in [6.07, 6.45) is -0.996. The SMILES string of the molecule is COc1ccc(C(=O)O[C@H](C)C(N)=O)c(OC)c1. The summed E-state index contributed by atoms with van der Waals surface area (Å²) in [5.74, 6) is -0.543. The van der Waals surface area contributed by atoms with Gasteiger partial charge in [0, 0.05) is 6.07 Å².